The number of nitrogens with one attached hydrogen (secondary N) is 1. The molecule has 1 N–H and O–H groups in total. The van der Waals surface area contributed by atoms with Crippen molar-refractivity contribution in [3.63, 3.8) is 0 Å². The number of hydrogen-bond donors (Lipinski definition) is 1. The second kappa shape index (κ2) is 5.30. The SMILES string of the molecule is Cc1csc(CNc2cc(Br)cc(C#N)c2)n1. The molecule has 1 aromatic carbocycles. The number of anilines is 1. The lowest BCUT2D eigenvalue weighted by Crippen LogP contribution is -1.99. The molecule has 17 heavy (non-hydrogen) atoms. The minimum Gasteiger partial charge on any atom is -0.378 e. The Morgan fingerprint density at radius 1 is 1.47 bits per heavy atom. The average molecular weight is 308 g/mol. The lowest BCUT2D eigenvalue weighted by molar-refractivity contribution is 1.08. The molecule has 0 spiro atoms. The van der Waals surface area contributed by atoms with Gasteiger partial charge in [0.25, 0.3) is 0 Å². The first-order valence-electron chi connectivity index (χ1n) is 5.03. The number of aromatic nitrogens is 1. The molecule has 2 aromatic rings. The van der Waals surface area contributed by atoms with Crippen LogP contribution >= 0.6 is 27.3 Å². The van der Waals surface area contributed by atoms with Gasteiger partial charge in [0.05, 0.1) is 18.2 Å². The fourth-order valence-electron chi connectivity index (χ4n) is 1.42. The summed E-state index contributed by atoms with van der Waals surface area (Å²) in [4.78, 5) is 4.37. The van der Waals surface area contributed by atoms with Gasteiger partial charge >= 0.3 is 0 Å². The Morgan fingerprint density at radius 2 is 2.29 bits per heavy atom. The van der Waals surface area contributed by atoms with Gasteiger partial charge in [-0.05, 0) is 25.1 Å². The Labute approximate surface area is 112 Å². The van der Waals surface area contributed by atoms with Crippen molar-refractivity contribution in [3.05, 3.63) is 44.3 Å². The van der Waals surface area contributed by atoms with Crippen molar-refractivity contribution in [1.29, 1.82) is 5.26 Å². The third kappa shape index (κ3) is 3.29. The Bertz CT molecular complexity index is 571. The van der Waals surface area contributed by atoms with Gasteiger partial charge in [-0.25, -0.2) is 4.98 Å². The molecular formula is C12H10BrN3S. The third-order valence-electron chi connectivity index (χ3n) is 2.14. The quantitative estimate of drug-likeness (QED) is 0.940. The van der Waals surface area contributed by atoms with Crippen molar-refractivity contribution in [1.82, 2.24) is 4.98 Å². The van der Waals surface area contributed by atoms with Crippen LogP contribution in [0.25, 0.3) is 0 Å². The van der Waals surface area contributed by atoms with Gasteiger partial charge in [-0.1, -0.05) is 15.9 Å². The van der Waals surface area contributed by atoms with E-state index in [1.54, 1.807) is 17.4 Å². The molecule has 0 amide bonds. The molecule has 86 valence electrons. The summed E-state index contributed by atoms with van der Waals surface area (Å²) in [6, 6.07) is 7.69. The van der Waals surface area contributed by atoms with E-state index in [0.717, 1.165) is 20.9 Å². The van der Waals surface area contributed by atoms with Crippen LogP contribution in [0.5, 0.6) is 0 Å². The van der Waals surface area contributed by atoms with Crippen molar-refractivity contribution >= 4 is 33.0 Å². The topological polar surface area (TPSA) is 48.7 Å². The zero-order valence-electron chi connectivity index (χ0n) is 9.20. The normalized spacial score (nSPS) is 9.94. The molecule has 0 radical (unpaired) electrons. The summed E-state index contributed by atoms with van der Waals surface area (Å²) < 4.78 is 0.898. The van der Waals surface area contributed by atoms with Crippen LogP contribution in [0.2, 0.25) is 0 Å². The number of aryl methyl sites for hydroxylation is 1. The lowest BCUT2D eigenvalue weighted by atomic mass is 10.2. The highest BCUT2D eigenvalue weighted by molar-refractivity contribution is 9.10. The van der Waals surface area contributed by atoms with Crippen LogP contribution in [-0.2, 0) is 6.54 Å². The van der Waals surface area contributed by atoms with E-state index in [0.29, 0.717) is 12.1 Å². The highest BCUT2D eigenvalue weighted by Crippen LogP contribution is 2.20. The van der Waals surface area contributed by atoms with Crippen LogP contribution in [0.4, 0.5) is 5.69 Å². The second-order valence-electron chi connectivity index (χ2n) is 3.58. The maximum atomic E-state index is 8.87. The molecule has 3 nitrogen and oxygen atoms in total. The van der Waals surface area contributed by atoms with E-state index in [9.17, 15) is 0 Å². The minimum absolute atomic E-state index is 0.636. The maximum absolute atomic E-state index is 8.87. The number of rotatable bonds is 3. The van der Waals surface area contributed by atoms with Crippen LogP contribution in [-0.4, -0.2) is 4.98 Å². The fraction of sp³-hybridized carbons (Fsp3) is 0.167. The standard InChI is InChI=1S/C12H10BrN3S/c1-8-7-17-12(16-8)6-15-11-3-9(5-14)2-10(13)4-11/h2-4,7,15H,6H2,1H3. The highest BCUT2D eigenvalue weighted by Gasteiger charge is 2.01. The number of thiazole rings is 1. The van der Waals surface area contributed by atoms with Crippen LogP contribution in [0, 0.1) is 18.3 Å². The van der Waals surface area contributed by atoms with Crippen molar-refractivity contribution in [3.8, 4) is 6.07 Å². The predicted molar refractivity (Wildman–Crippen MR) is 73.0 cm³/mol. The van der Waals surface area contributed by atoms with E-state index in [2.05, 4.69) is 32.3 Å². The summed E-state index contributed by atoms with van der Waals surface area (Å²) in [7, 11) is 0. The largest absolute Gasteiger partial charge is 0.378 e. The Morgan fingerprint density at radius 3 is 2.94 bits per heavy atom. The smallest absolute Gasteiger partial charge is 0.112 e. The molecule has 0 aliphatic rings. The molecule has 0 atom stereocenters. The number of hydrogen-bond acceptors (Lipinski definition) is 4. The van der Waals surface area contributed by atoms with Crippen LogP contribution in [0.1, 0.15) is 16.3 Å². The molecule has 5 heteroatoms. The summed E-state index contributed by atoms with van der Waals surface area (Å²) in [5.41, 5.74) is 2.60. The van der Waals surface area contributed by atoms with E-state index in [1.165, 1.54) is 0 Å². The molecule has 1 aromatic heterocycles. The van der Waals surface area contributed by atoms with Crippen molar-refractivity contribution in [2.45, 2.75) is 13.5 Å². The summed E-state index contributed by atoms with van der Waals surface area (Å²) in [6.45, 7) is 2.66. The number of halogens is 1. The van der Waals surface area contributed by atoms with E-state index < -0.39 is 0 Å². The van der Waals surface area contributed by atoms with Gasteiger partial charge in [-0.15, -0.1) is 11.3 Å². The van der Waals surface area contributed by atoms with Crippen molar-refractivity contribution < 1.29 is 0 Å². The highest BCUT2D eigenvalue weighted by atomic mass is 79.9. The predicted octanol–water partition coefficient (Wildman–Crippen LogP) is 3.70. The maximum Gasteiger partial charge on any atom is 0.112 e. The zero-order valence-corrected chi connectivity index (χ0v) is 11.6. The van der Waals surface area contributed by atoms with Gasteiger partial charge in [0.15, 0.2) is 0 Å². The Kier molecular flexibility index (Phi) is 3.77. The summed E-state index contributed by atoms with van der Waals surface area (Å²) >= 11 is 5.01. The molecule has 0 aliphatic heterocycles. The van der Waals surface area contributed by atoms with Gasteiger partial charge in [-0.2, -0.15) is 5.26 Å². The van der Waals surface area contributed by atoms with Crippen LogP contribution < -0.4 is 5.32 Å². The van der Waals surface area contributed by atoms with E-state index >= 15 is 0 Å². The lowest BCUT2D eigenvalue weighted by Gasteiger charge is -2.05. The number of benzene rings is 1. The zero-order chi connectivity index (χ0) is 12.3. The molecule has 0 fully saturated rings. The number of nitrogens with zero attached hydrogens (tertiary/aromatic N) is 2. The Balaban J connectivity index is 2.09. The van der Waals surface area contributed by atoms with Crippen molar-refractivity contribution in [2.24, 2.45) is 0 Å². The van der Waals surface area contributed by atoms with Gasteiger partial charge in [0.1, 0.15) is 5.01 Å². The minimum atomic E-state index is 0.636. The summed E-state index contributed by atoms with van der Waals surface area (Å²) in [6.07, 6.45) is 0. The van der Waals surface area contributed by atoms with E-state index in [1.807, 2.05) is 24.4 Å². The Hall–Kier alpha value is -1.38. The monoisotopic (exact) mass is 307 g/mol. The van der Waals surface area contributed by atoms with Crippen LogP contribution in [0.3, 0.4) is 0 Å². The molecular weight excluding hydrogens is 298 g/mol. The summed E-state index contributed by atoms with van der Waals surface area (Å²) in [5, 5.41) is 15.2. The second-order valence-corrected chi connectivity index (χ2v) is 5.43. The van der Waals surface area contributed by atoms with Gasteiger partial charge in [-0.3, -0.25) is 0 Å². The van der Waals surface area contributed by atoms with E-state index in [-0.39, 0.29) is 0 Å². The summed E-state index contributed by atoms with van der Waals surface area (Å²) in [5.74, 6) is 0. The first-order valence-corrected chi connectivity index (χ1v) is 6.70. The molecule has 2 rings (SSSR count). The van der Waals surface area contributed by atoms with Crippen LogP contribution in [0.15, 0.2) is 28.1 Å². The molecule has 1 heterocycles. The molecule has 0 aliphatic carbocycles. The molecule has 0 bridgehead atoms. The van der Waals surface area contributed by atoms with Gasteiger partial charge in [0.2, 0.25) is 0 Å². The molecule has 0 unspecified atom stereocenters. The molecule has 0 saturated carbocycles. The fourth-order valence-corrected chi connectivity index (χ4v) is 2.62. The number of nitriles is 1. The average Bonchev–Trinajstić information content (AvgIpc) is 2.72. The van der Waals surface area contributed by atoms with Crippen molar-refractivity contribution in [2.75, 3.05) is 5.32 Å². The van der Waals surface area contributed by atoms with E-state index in [4.69, 9.17) is 5.26 Å². The first-order chi connectivity index (χ1) is 8.17. The first kappa shape index (κ1) is 12.1. The van der Waals surface area contributed by atoms with Gasteiger partial charge in [0, 0.05) is 21.2 Å². The third-order valence-corrected chi connectivity index (χ3v) is 3.56. The van der Waals surface area contributed by atoms with Gasteiger partial charge < -0.3 is 5.32 Å². The molecule has 0 saturated heterocycles.